The summed E-state index contributed by atoms with van der Waals surface area (Å²) in [6.45, 7) is 4.38. The van der Waals surface area contributed by atoms with Crippen LogP contribution in [0.5, 0.6) is 0 Å². The minimum Gasteiger partial charge on any atom is -0.436 e. The second-order valence-electron chi connectivity index (χ2n) is 5.18. The molecule has 0 aliphatic carbocycles. The summed E-state index contributed by atoms with van der Waals surface area (Å²) in [4.78, 5) is 4.37. The fraction of sp³-hybridized carbons (Fsp3) is 0.167. The normalized spacial score (nSPS) is 10.9. The molecule has 3 rings (SSSR count). The molecule has 0 spiro atoms. The van der Waals surface area contributed by atoms with Gasteiger partial charge in [0, 0.05) is 11.1 Å². The van der Waals surface area contributed by atoms with Crippen molar-refractivity contribution in [3.8, 4) is 22.8 Å². The van der Waals surface area contributed by atoms with Crippen LogP contribution in [-0.2, 0) is 0 Å². The molecule has 1 heterocycles. The van der Waals surface area contributed by atoms with Crippen LogP contribution in [0.3, 0.4) is 0 Å². The third-order valence-corrected chi connectivity index (χ3v) is 3.36. The molecular weight excluding hydrogens is 246 g/mol. The molecule has 1 aromatic heterocycles. The number of hydrogen-bond acceptors (Lipinski definition) is 2. The van der Waals surface area contributed by atoms with E-state index in [2.05, 4.69) is 43.1 Å². The molecule has 2 aromatic carbocycles. The minimum atomic E-state index is 0.506. The van der Waals surface area contributed by atoms with E-state index in [-0.39, 0.29) is 0 Å². The molecule has 20 heavy (non-hydrogen) atoms. The molecule has 0 bridgehead atoms. The first kappa shape index (κ1) is 12.7. The first-order valence-corrected chi connectivity index (χ1v) is 6.85. The van der Waals surface area contributed by atoms with Crippen LogP contribution in [0, 0.1) is 0 Å². The highest BCUT2D eigenvalue weighted by Gasteiger charge is 2.09. The van der Waals surface area contributed by atoms with E-state index < -0.39 is 0 Å². The Bertz CT molecular complexity index is 698. The Labute approximate surface area is 119 Å². The third kappa shape index (κ3) is 2.50. The number of rotatable bonds is 3. The van der Waals surface area contributed by atoms with Crippen molar-refractivity contribution in [2.24, 2.45) is 0 Å². The molecule has 0 saturated carbocycles. The van der Waals surface area contributed by atoms with E-state index >= 15 is 0 Å². The van der Waals surface area contributed by atoms with Gasteiger partial charge in [-0.25, -0.2) is 4.98 Å². The van der Waals surface area contributed by atoms with Crippen LogP contribution in [0.1, 0.15) is 25.3 Å². The van der Waals surface area contributed by atoms with Crippen LogP contribution in [-0.4, -0.2) is 4.98 Å². The van der Waals surface area contributed by atoms with Crippen molar-refractivity contribution in [3.05, 3.63) is 66.4 Å². The van der Waals surface area contributed by atoms with Crippen LogP contribution in [0.2, 0.25) is 0 Å². The molecule has 0 aliphatic heterocycles. The van der Waals surface area contributed by atoms with Crippen molar-refractivity contribution in [1.29, 1.82) is 0 Å². The number of aromatic nitrogens is 1. The van der Waals surface area contributed by atoms with E-state index in [4.69, 9.17) is 4.42 Å². The molecule has 0 N–H and O–H groups in total. The third-order valence-electron chi connectivity index (χ3n) is 3.36. The predicted octanol–water partition coefficient (Wildman–Crippen LogP) is 5.13. The molecule has 2 nitrogen and oxygen atoms in total. The first-order chi connectivity index (χ1) is 9.74. The summed E-state index contributed by atoms with van der Waals surface area (Å²) < 4.78 is 5.88. The van der Waals surface area contributed by atoms with Gasteiger partial charge in [-0.15, -0.1) is 0 Å². The standard InChI is InChI=1S/C18H17NO/c1-13(2)15-9-6-10-16(11-15)17-12-19-18(20-17)14-7-4-3-5-8-14/h3-13H,1-2H3. The quantitative estimate of drug-likeness (QED) is 0.654. The van der Waals surface area contributed by atoms with E-state index in [1.165, 1.54) is 5.56 Å². The molecule has 0 amide bonds. The molecular formula is C18H17NO. The average Bonchev–Trinajstić information content (AvgIpc) is 2.98. The highest BCUT2D eigenvalue weighted by Crippen LogP contribution is 2.27. The summed E-state index contributed by atoms with van der Waals surface area (Å²) in [5.41, 5.74) is 3.38. The van der Waals surface area contributed by atoms with Crippen LogP contribution < -0.4 is 0 Å². The van der Waals surface area contributed by atoms with E-state index in [0.717, 1.165) is 16.9 Å². The fourth-order valence-electron chi connectivity index (χ4n) is 2.17. The van der Waals surface area contributed by atoms with Gasteiger partial charge in [0.2, 0.25) is 5.89 Å². The van der Waals surface area contributed by atoms with Gasteiger partial charge in [0.1, 0.15) is 0 Å². The summed E-state index contributed by atoms with van der Waals surface area (Å²) in [6.07, 6.45) is 1.79. The zero-order chi connectivity index (χ0) is 13.9. The molecule has 0 aliphatic rings. The fourth-order valence-corrected chi connectivity index (χ4v) is 2.17. The molecule has 0 atom stereocenters. The van der Waals surface area contributed by atoms with Gasteiger partial charge in [-0.05, 0) is 29.7 Å². The van der Waals surface area contributed by atoms with E-state index in [9.17, 15) is 0 Å². The zero-order valence-corrected chi connectivity index (χ0v) is 11.7. The summed E-state index contributed by atoms with van der Waals surface area (Å²) in [5, 5.41) is 0. The van der Waals surface area contributed by atoms with Crippen molar-refractivity contribution in [2.75, 3.05) is 0 Å². The average molecular weight is 263 g/mol. The Balaban J connectivity index is 1.96. The lowest BCUT2D eigenvalue weighted by atomic mass is 10.0. The Hall–Kier alpha value is -2.35. The van der Waals surface area contributed by atoms with Gasteiger partial charge in [0.25, 0.3) is 0 Å². The maximum absolute atomic E-state index is 5.88. The highest BCUT2D eigenvalue weighted by molar-refractivity contribution is 5.61. The van der Waals surface area contributed by atoms with Gasteiger partial charge in [0.05, 0.1) is 6.20 Å². The van der Waals surface area contributed by atoms with E-state index in [0.29, 0.717) is 11.8 Å². The monoisotopic (exact) mass is 263 g/mol. The molecule has 0 saturated heterocycles. The van der Waals surface area contributed by atoms with Crippen molar-refractivity contribution < 1.29 is 4.42 Å². The van der Waals surface area contributed by atoms with E-state index in [1.54, 1.807) is 6.20 Å². The summed E-state index contributed by atoms with van der Waals surface area (Å²) in [6, 6.07) is 18.4. The summed E-state index contributed by atoms with van der Waals surface area (Å²) in [7, 11) is 0. The van der Waals surface area contributed by atoms with Crippen molar-refractivity contribution in [3.63, 3.8) is 0 Å². The lowest BCUT2D eigenvalue weighted by Crippen LogP contribution is -1.86. The van der Waals surface area contributed by atoms with E-state index in [1.807, 2.05) is 30.3 Å². The van der Waals surface area contributed by atoms with Gasteiger partial charge in [-0.1, -0.05) is 50.2 Å². The number of oxazole rings is 1. The van der Waals surface area contributed by atoms with Gasteiger partial charge in [-0.2, -0.15) is 0 Å². The first-order valence-electron chi connectivity index (χ1n) is 6.85. The topological polar surface area (TPSA) is 26.0 Å². The van der Waals surface area contributed by atoms with Crippen LogP contribution in [0.4, 0.5) is 0 Å². The molecule has 100 valence electrons. The van der Waals surface area contributed by atoms with Gasteiger partial charge >= 0.3 is 0 Å². The second kappa shape index (κ2) is 5.33. The zero-order valence-electron chi connectivity index (χ0n) is 11.7. The molecule has 0 unspecified atom stereocenters. The molecule has 0 fully saturated rings. The maximum Gasteiger partial charge on any atom is 0.226 e. The highest BCUT2D eigenvalue weighted by atomic mass is 16.4. The number of nitrogens with zero attached hydrogens (tertiary/aromatic N) is 1. The Morgan fingerprint density at radius 2 is 1.65 bits per heavy atom. The largest absolute Gasteiger partial charge is 0.436 e. The number of hydrogen-bond donors (Lipinski definition) is 0. The lowest BCUT2D eigenvalue weighted by molar-refractivity contribution is 0.588. The van der Waals surface area contributed by atoms with Crippen LogP contribution >= 0.6 is 0 Å². The molecule has 0 radical (unpaired) electrons. The van der Waals surface area contributed by atoms with Gasteiger partial charge in [0.15, 0.2) is 5.76 Å². The Kier molecular flexibility index (Phi) is 3.38. The van der Waals surface area contributed by atoms with Crippen molar-refractivity contribution >= 4 is 0 Å². The summed E-state index contributed by atoms with van der Waals surface area (Å²) in [5.74, 6) is 1.98. The van der Waals surface area contributed by atoms with Gasteiger partial charge < -0.3 is 4.42 Å². The minimum absolute atomic E-state index is 0.506. The Morgan fingerprint density at radius 1 is 0.900 bits per heavy atom. The smallest absolute Gasteiger partial charge is 0.226 e. The summed E-state index contributed by atoms with van der Waals surface area (Å²) >= 11 is 0. The van der Waals surface area contributed by atoms with Crippen molar-refractivity contribution in [2.45, 2.75) is 19.8 Å². The molecule has 2 heteroatoms. The number of benzene rings is 2. The maximum atomic E-state index is 5.88. The predicted molar refractivity (Wildman–Crippen MR) is 81.5 cm³/mol. The Morgan fingerprint density at radius 3 is 2.40 bits per heavy atom. The molecule has 3 aromatic rings. The lowest BCUT2D eigenvalue weighted by Gasteiger charge is -2.06. The van der Waals surface area contributed by atoms with Gasteiger partial charge in [-0.3, -0.25) is 0 Å². The van der Waals surface area contributed by atoms with Crippen LogP contribution in [0.25, 0.3) is 22.8 Å². The SMILES string of the molecule is CC(C)c1cccc(-c2cnc(-c3ccccc3)o2)c1. The second-order valence-corrected chi connectivity index (χ2v) is 5.18. The van der Waals surface area contributed by atoms with Crippen LogP contribution in [0.15, 0.2) is 65.2 Å². The van der Waals surface area contributed by atoms with Crippen molar-refractivity contribution in [1.82, 2.24) is 4.98 Å².